The van der Waals surface area contributed by atoms with Crippen LogP contribution in [0.1, 0.15) is 29.2 Å². The van der Waals surface area contributed by atoms with Gasteiger partial charge in [-0.1, -0.05) is 72.3 Å². The van der Waals surface area contributed by atoms with Crippen molar-refractivity contribution >= 4 is 35.0 Å². The molecule has 7 heteroatoms. The Morgan fingerprint density at radius 2 is 1.59 bits per heavy atom. The van der Waals surface area contributed by atoms with E-state index in [1.165, 1.54) is 0 Å². The highest BCUT2D eigenvalue weighted by Crippen LogP contribution is 2.29. The fourth-order valence-corrected chi connectivity index (χ4v) is 4.22. The van der Waals surface area contributed by atoms with Crippen LogP contribution in [0.3, 0.4) is 0 Å². The minimum absolute atomic E-state index is 0.135. The molecule has 0 aromatic heterocycles. The Hall–Kier alpha value is -3.64. The molecule has 3 aromatic carbocycles. The molecule has 3 aromatic rings. The first-order chi connectivity index (χ1) is 16.5. The zero-order chi connectivity index (χ0) is 23.9. The minimum Gasteiger partial charge on any atom is -0.347 e. The maximum atomic E-state index is 13.6. The van der Waals surface area contributed by atoms with E-state index >= 15 is 0 Å². The third-order valence-electron chi connectivity index (χ3n) is 5.79. The molecule has 1 atom stereocenters. The van der Waals surface area contributed by atoms with Crippen LogP contribution in [0.2, 0.25) is 5.02 Å². The highest BCUT2D eigenvalue weighted by molar-refractivity contribution is 6.30. The van der Waals surface area contributed by atoms with Crippen molar-refractivity contribution in [2.45, 2.75) is 25.3 Å². The Balaban J connectivity index is 1.43. The number of nitrogens with one attached hydrogen (secondary N) is 2. The van der Waals surface area contributed by atoms with Crippen LogP contribution in [0.5, 0.6) is 0 Å². The second kappa shape index (κ2) is 11.0. The number of halogens is 1. The highest BCUT2D eigenvalue weighted by atomic mass is 35.5. The van der Waals surface area contributed by atoms with Gasteiger partial charge < -0.3 is 15.5 Å². The van der Waals surface area contributed by atoms with E-state index in [0.717, 1.165) is 29.7 Å². The standard InChI is InChI=1S/C27H26ClN3O3/c28-22-14-12-19(13-15-22)17-24(32)29-18-25(33)30-26(21-8-2-1-3-9-21)27(34)31-16-6-10-20-7-4-5-11-23(20)31/h1-5,7-9,11-15,26H,6,10,16-18H2,(H,29,32)(H,30,33). The topological polar surface area (TPSA) is 78.5 Å². The summed E-state index contributed by atoms with van der Waals surface area (Å²) in [5.74, 6) is -0.916. The van der Waals surface area contributed by atoms with Crippen LogP contribution in [0.15, 0.2) is 78.9 Å². The lowest BCUT2D eigenvalue weighted by Gasteiger charge is -2.32. The first-order valence-electron chi connectivity index (χ1n) is 11.3. The summed E-state index contributed by atoms with van der Waals surface area (Å²) in [6, 6.07) is 23.1. The first-order valence-corrected chi connectivity index (χ1v) is 11.6. The second-order valence-corrected chi connectivity index (χ2v) is 8.65. The molecule has 1 heterocycles. The predicted molar refractivity (Wildman–Crippen MR) is 133 cm³/mol. The van der Waals surface area contributed by atoms with Crippen molar-refractivity contribution in [3.05, 3.63) is 101 Å². The molecule has 6 nitrogen and oxygen atoms in total. The number of carbonyl (C=O) groups excluding carboxylic acids is 3. The van der Waals surface area contributed by atoms with Crippen molar-refractivity contribution < 1.29 is 14.4 Å². The Morgan fingerprint density at radius 1 is 0.882 bits per heavy atom. The molecule has 4 rings (SSSR count). The summed E-state index contributed by atoms with van der Waals surface area (Å²) in [4.78, 5) is 40.4. The Bertz CT molecular complexity index is 1170. The smallest absolute Gasteiger partial charge is 0.254 e. The van der Waals surface area contributed by atoms with Gasteiger partial charge in [-0.25, -0.2) is 0 Å². The third kappa shape index (κ3) is 5.83. The Morgan fingerprint density at radius 3 is 2.35 bits per heavy atom. The van der Waals surface area contributed by atoms with Crippen molar-refractivity contribution in [1.82, 2.24) is 10.6 Å². The van der Waals surface area contributed by atoms with Gasteiger partial charge in [0.1, 0.15) is 6.04 Å². The summed E-state index contributed by atoms with van der Waals surface area (Å²) in [5, 5.41) is 6.05. The molecule has 1 unspecified atom stereocenters. The number of aryl methyl sites for hydroxylation is 1. The van der Waals surface area contributed by atoms with Gasteiger partial charge in [0.15, 0.2) is 0 Å². The maximum absolute atomic E-state index is 13.6. The Kier molecular flexibility index (Phi) is 7.60. The van der Waals surface area contributed by atoms with Gasteiger partial charge in [-0.3, -0.25) is 14.4 Å². The van der Waals surface area contributed by atoms with Crippen molar-refractivity contribution in [2.24, 2.45) is 0 Å². The van der Waals surface area contributed by atoms with Gasteiger partial charge in [0.2, 0.25) is 11.8 Å². The summed E-state index contributed by atoms with van der Waals surface area (Å²) in [6.07, 6.45) is 1.91. The average molecular weight is 476 g/mol. The van der Waals surface area contributed by atoms with Crippen LogP contribution >= 0.6 is 11.6 Å². The lowest BCUT2D eigenvalue weighted by atomic mass is 9.99. The molecular formula is C27H26ClN3O3. The number of rotatable bonds is 7. The number of carbonyl (C=O) groups is 3. The SMILES string of the molecule is O=C(Cc1ccc(Cl)cc1)NCC(=O)NC(C(=O)N1CCCc2ccccc21)c1ccccc1. The molecule has 0 bridgehead atoms. The summed E-state index contributed by atoms with van der Waals surface area (Å²) in [7, 11) is 0. The number of fused-ring (bicyclic) bond motifs is 1. The zero-order valence-electron chi connectivity index (χ0n) is 18.7. The van der Waals surface area contributed by atoms with Crippen molar-refractivity contribution in [3.63, 3.8) is 0 Å². The molecule has 0 aliphatic carbocycles. The van der Waals surface area contributed by atoms with Gasteiger partial charge in [0, 0.05) is 17.3 Å². The number of benzene rings is 3. The Labute approximate surface area is 203 Å². The maximum Gasteiger partial charge on any atom is 0.254 e. The van der Waals surface area contributed by atoms with E-state index in [1.807, 2.05) is 54.6 Å². The van der Waals surface area contributed by atoms with Crippen LogP contribution in [-0.4, -0.2) is 30.8 Å². The first kappa shape index (κ1) is 23.5. The number of hydrogen-bond acceptors (Lipinski definition) is 3. The summed E-state index contributed by atoms with van der Waals surface area (Å²) in [6.45, 7) is 0.368. The zero-order valence-corrected chi connectivity index (χ0v) is 19.4. The number of anilines is 1. The molecule has 0 saturated carbocycles. The monoisotopic (exact) mass is 475 g/mol. The lowest BCUT2D eigenvalue weighted by molar-refractivity contribution is -0.128. The number of para-hydroxylation sites is 1. The van der Waals surface area contributed by atoms with Gasteiger partial charge in [-0.15, -0.1) is 0 Å². The molecule has 0 saturated heterocycles. The fourth-order valence-electron chi connectivity index (χ4n) is 4.09. The molecule has 34 heavy (non-hydrogen) atoms. The molecule has 0 radical (unpaired) electrons. The summed E-state index contributed by atoms with van der Waals surface area (Å²) < 4.78 is 0. The quantitative estimate of drug-likeness (QED) is 0.545. The highest BCUT2D eigenvalue weighted by Gasteiger charge is 2.30. The fraction of sp³-hybridized carbons (Fsp3) is 0.222. The molecule has 1 aliphatic rings. The molecule has 3 amide bonds. The van der Waals surface area contributed by atoms with Crippen LogP contribution in [-0.2, 0) is 27.2 Å². The van der Waals surface area contributed by atoms with Gasteiger partial charge in [-0.05, 0) is 47.7 Å². The molecule has 0 fully saturated rings. The van der Waals surface area contributed by atoms with Crippen LogP contribution in [0.4, 0.5) is 5.69 Å². The largest absolute Gasteiger partial charge is 0.347 e. The van der Waals surface area contributed by atoms with Gasteiger partial charge in [0.05, 0.1) is 13.0 Å². The number of hydrogen-bond donors (Lipinski definition) is 2. The molecular weight excluding hydrogens is 450 g/mol. The van der Waals surface area contributed by atoms with Gasteiger partial charge in [-0.2, -0.15) is 0 Å². The third-order valence-corrected chi connectivity index (χ3v) is 6.04. The van der Waals surface area contributed by atoms with E-state index in [4.69, 9.17) is 11.6 Å². The normalized spacial score (nSPS) is 13.5. The van der Waals surface area contributed by atoms with E-state index in [-0.39, 0.29) is 24.8 Å². The molecule has 0 spiro atoms. The van der Waals surface area contributed by atoms with E-state index in [2.05, 4.69) is 10.6 Å². The number of amides is 3. The number of nitrogens with zero attached hydrogens (tertiary/aromatic N) is 1. The van der Waals surface area contributed by atoms with E-state index < -0.39 is 11.9 Å². The van der Waals surface area contributed by atoms with Gasteiger partial charge in [0.25, 0.3) is 5.91 Å². The average Bonchev–Trinajstić information content (AvgIpc) is 2.87. The van der Waals surface area contributed by atoms with E-state index in [9.17, 15) is 14.4 Å². The molecule has 174 valence electrons. The predicted octanol–water partition coefficient (Wildman–Crippen LogP) is 3.84. The van der Waals surface area contributed by atoms with E-state index in [0.29, 0.717) is 17.1 Å². The van der Waals surface area contributed by atoms with E-state index in [1.54, 1.807) is 29.2 Å². The molecule has 2 N–H and O–H groups in total. The van der Waals surface area contributed by atoms with Crippen molar-refractivity contribution in [1.29, 1.82) is 0 Å². The van der Waals surface area contributed by atoms with Crippen LogP contribution in [0.25, 0.3) is 0 Å². The summed E-state index contributed by atoms with van der Waals surface area (Å²) >= 11 is 5.88. The van der Waals surface area contributed by atoms with Crippen molar-refractivity contribution in [2.75, 3.05) is 18.0 Å². The van der Waals surface area contributed by atoms with Crippen LogP contribution in [0, 0.1) is 0 Å². The lowest BCUT2D eigenvalue weighted by Crippen LogP contribution is -2.47. The second-order valence-electron chi connectivity index (χ2n) is 8.21. The summed E-state index contributed by atoms with van der Waals surface area (Å²) in [5.41, 5.74) is 3.49. The van der Waals surface area contributed by atoms with Crippen LogP contribution < -0.4 is 15.5 Å². The molecule has 1 aliphatic heterocycles. The van der Waals surface area contributed by atoms with Gasteiger partial charge >= 0.3 is 0 Å². The van der Waals surface area contributed by atoms with Crippen molar-refractivity contribution in [3.8, 4) is 0 Å². The minimum atomic E-state index is -0.854.